The molecular formula is C71H130NO8P. The summed E-state index contributed by atoms with van der Waals surface area (Å²) in [5.74, 6) is -0.818. The summed E-state index contributed by atoms with van der Waals surface area (Å²) in [5, 5.41) is 0. The number of ether oxygens (including phenoxy) is 2. The summed E-state index contributed by atoms with van der Waals surface area (Å²) in [5.41, 5.74) is 5.40. The summed E-state index contributed by atoms with van der Waals surface area (Å²) in [6.45, 7) is 3.66. The van der Waals surface area contributed by atoms with Gasteiger partial charge in [-0.1, -0.05) is 311 Å². The fraction of sp³-hybridized carbons (Fsp3) is 0.803. The van der Waals surface area contributed by atoms with Gasteiger partial charge in [0.05, 0.1) is 13.2 Å². The summed E-state index contributed by atoms with van der Waals surface area (Å²) in [7, 11) is -4.39. The standard InChI is InChI=1S/C71H130NO8P/c1-3-5-7-9-11-13-15-17-19-21-23-25-26-27-28-29-30-31-32-33-34-35-36-37-38-39-40-41-42-44-46-48-50-52-54-56-58-60-62-64-71(74)80-69(68-79-81(75,76)78-66-65-72)67-77-70(73)63-61-59-57-55-53-51-49-47-45-43-24-22-20-18-16-14-12-10-8-6-4-2/h5,7,11,13,16-19,22-25,69H,3-4,6,8-10,12,14-15,20-21,26-68,72H2,1-2H3,(H,75,76)/b7-5-,13-11-,18-16-,19-17-,24-22-,25-23-. The van der Waals surface area contributed by atoms with E-state index in [2.05, 4.69) is 86.8 Å². The fourth-order valence-corrected chi connectivity index (χ4v) is 10.8. The van der Waals surface area contributed by atoms with E-state index in [1.54, 1.807) is 0 Å². The minimum absolute atomic E-state index is 0.0531. The molecule has 0 aromatic rings. The number of phosphoric acid groups is 1. The molecule has 0 saturated heterocycles. The molecule has 0 aromatic heterocycles. The lowest BCUT2D eigenvalue weighted by molar-refractivity contribution is -0.161. The van der Waals surface area contributed by atoms with Crippen LogP contribution in [-0.4, -0.2) is 49.3 Å². The highest BCUT2D eigenvalue weighted by molar-refractivity contribution is 7.47. The molecule has 0 amide bonds. The molecule has 9 nitrogen and oxygen atoms in total. The number of hydrogen-bond donors (Lipinski definition) is 2. The number of allylic oxidation sites excluding steroid dienone is 12. The first-order valence-electron chi connectivity index (χ1n) is 34.4. The number of carbonyl (C=O) groups is 2. The van der Waals surface area contributed by atoms with Gasteiger partial charge in [0.25, 0.3) is 0 Å². The lowest BCUT2D eigenvalue weighted by Crippen LogP contribution is -2.29. The maximum atomic E-state index is 12.8. The van der Waals surface area contributed by atoms with Crippen LogP contribution in [0, 0.1) is 0 Å². The number of phosphoric ester groups is 1. The van der Waals surface area contributed by atoms with E-state index in [9.17, 15) is 19.0 Å². The minimum Gasteiger partial charge on any atom is -0.462 e. The molecule has 0 fully saturated rings. The number of nitrogens with two attached hydrogens (primary N) is 1. The third-order valence-electron chi connectivity index (χ3n) is 15.1. The third kappa shape index (κ3) is 66.5. The van der Waals surface area contributed by atoms with Gasteiger partial charge in [0.1, 0.15) is 6.61 Å². The highest BCUT2D eigenvalue weighted by Crippen LogP contribution is 2.43. The van der Waals surface area contributed by atoms with Gasteiger partial charge >= 0.3 is 19.8 Å². The van der Waals surface area contributed by atoms with E-state index in [0.717, 1.165) is 64.2 Å². The number of hydrogen-bond acceptors (Lipinski definition) is 8. The maximum absolute atomic E-state index is 12.8. The van der Waals surface area contributed by atoms with E-state index in [1.807, 2.05) is 0 Å². The van der Waals surface area contributed by atoms with Gasteiger partial charge in [0.2, 0.25) is 0 Å². The fourth-order valence-electron chi connectivity index (χ4n) is 10.0. The van der Waals surface area contributed by atoms with Crippen LogP contribution in [0.25, 0.3) is 0 Å². The van der Waals surface area contributed by atoms with E-state index in [0.29, 0.717) is 6.42 Å². The Labute approximate surface area is 501 Å². The Hall–Kier alpha value is -2.55. The quantitative estimate of drug-likeness (QED) is 0.0264. The van der Waals surface area contributed by atoms with Gasteiger partial charge in [-0.2, -0.15) is 0 Å². The first kappa shape index (κ1) is 78.5. The Morgan fingerprint density at radius 3 is 1.01 bits per heavy atom. The van der Waals surface area contributed by atoms with Crippen LogP contribution in [0.2, 0.25) is 0 Å². The molecule has 0 aromatic carbocycles. The Morgan fingerprint density at radius 1 is 0.383 bits per heavy atom. The predicted octanol–water partition coefficient (Wildman–Crippen LogP) is 22.4. The first-order chi connectivity index (χ1) is 39.8. The summed E-state index contributed by atoms with van der Waals surface area (Å²) >= 11 is 0. The van der Waals surface area contributed by atoms with Crippen LogP contribution < -0.4 is 5.73 Å². The molecule has 2 atom stereocenters. The smallest absolute Gasteiger partial charge is 0.462 e. The molecule has 0 aliphatic carbocycles. The molecular weight excluding hydrogens is 1030 g/mol. The number of unbranched alkanes of at least 4 members (excludes halogenated alkanes) is 40. The van der Waals surface area contributed by atoms with Gasteiger partial charge in [-0.25, -0.2) is 4.57 Å². The average Bonchev–Trinajstić information content (AvgIpc) is 3.46. The van der Waals surface area contributed by atoms with E-state index in [1.165, 1.54) is 238 Å². The molecule has 0 radical (unpaired) electrons. The Kier molecular flexibility index (Phi) is 64.5. The Morgan fingerprint density at radius 2 is 0.679 bits per heavy atom. The van der Waals surface area contributed by atoms with Crippen molar-refractivity contribution in [3.8, 4) is 0 Å². The molecule has 472 valence electrons. The Bertz CT molecular complexity index is 1560. The summed E-state index contributed by atoms with van der Waals surface area (Å²) in [6.07, 6.45) is 87.2. The highest BCUT2D eigenvalue weighted by atomic mass is 31.2. The van der Waals surface area contributed by atoms with Crippen molar-refractivity contribution in [3.63, 3.8) is 0 Å². The van der Waals surface area contributed by atoms with Crippen LogP contribution in [0.15, 0.2) is 72.9 Å². The third-order valence-corrected chi connectivity index (χ3v) is 16.1. The molecule has 2 unspecified atom stereocenters. The van der Waals surface area contributed by atoms with Crippen molar-refractivity contribution in [3.05, 3.63) is 72.9 Å². The van der Waals surface area contributed by atoms with Crippen LogP contribution in [0.3, 0.4) is 0 Å². The Balaban J connectivity index is 3.79. The van der Waals surface area contributed by atoms with Crippen molar-refractivity contribution in [2.75, 3.05) is 26.4 Å². The van der Waals surface area contributed by atoms with Gasteiger partial charge in [0, 0.05) is 19.4 Å². The van der Waals surface area contributed by atoms with Gasteiger partial charge in [-0.05, 0) is 83.5 Å². The van der Waals surface area contributed by atoms with E-state index in [4.69, 9.17) is 24.3 Å². The normalized spacial score (nSPS) is 13.4. The molecule has 0 spiro atoms. The van der Waals surface area contributed by atoms with Crippen molar-refractivity contribution < 1.29 is 37.6 Å². The maximum Gasteiger partial charge on any atom is 0.472 e. The van der Waals surface area contributed by atoms with E-state index in [-0.39, 0.29) is 38.6 Å². The zero-order chi connectivity index (χ0) is 58.7. The van der Waals surface area contributed by atoms with E-state index >= 15 is 0 Å². The molecule has 0 aliphatic heterocycles. The van der Waals surface area contributed by atoms with Gasteiger partial charge < -0.3 is 20.1 Å². The van der Waals surface area contributed by atoms with Gasteiger partial charge in [0.15, 0.2) is 6.10 Å². The molecule has 0 aliphatic rings. The van der Waals surface area contributed by atoms with Crippen LogP contribution in [-0.2, 0) is 32.7 Å². The average molecular weight is 1160 g/mol. The zero-order valence-electron chi connectivity index (χ0n) is 53.0. The molecule has 81 heavy (non-hydrogen) atoms. The second-order valence-corrected chi connectivity index (χ2v) is 24.5. The van der Waals surface area contributed by atoms with Crippen molar-refractivity contribution in [2.45, 2.75) is 341 Å². The second-order valence-electron chi connectivity index (χ2n) is 23.0. The van der Waals surface area contributed by atoms with Crippen LogP contribution in [0.4, 0.5) is 0 Å². The van der Waals surface area contributed by atoms with Crippen molar-refractivity contribution in [2.24, 2.45) is 5.73 Å². The monoisotopic (exact) mass is 1160 g/mol. The zero-order valence-corrected chi connectivity index (χ0v) is 53.9. The molecule has 0 saturated carbocycles. The van der Waals surface area contributed by atoms with Gasteiger partial charge in [-0.3, -0.25) is 18.6 Å². The number of esters is 2. The second kappa shape index (κ2) is 66.6. The minimum atomic E-state index is -4.39. The molecule has 0 bridgehead atoms. The summed E-state index contributed by atoms with van der Waals surface area (Å²) in [4.78, 5) is 35.3. The summed E-state index contributed by atoms with van der Waals surface area (Å²) in [6, 6.07) is 0. The molecule has 0 rings (SSSR count). The van der Waals surface area contributed by atoms with Crippen molar-refractivity contribution in [1.29, 1.82) is 0 Å². The molecule has 10 heteroatoms. The molecule has 3 N–H and O–H groups in total. The van der Waals surface area contributed by atoms with Crippen molar-refractivity contribution in [1.82, 2.24) is 0 Å². The lowest BCUT2D eigenvalue weighted by atomic mass is 10.0. The van der Waals surface area contributed by atoms with Gasteiger partial charge in [-0.15, -0.1) is 0 Å². The number of carbonyl (C=O) groups excluding carboxylic acids is 2. The van der Waals surface area contributed by atoms with E-state index < -0.39 is 26.5 Å². The topological polar surface area (TPSA) is 134 Å². The SMILES string of the molecule is CC/C=C\C/C=C\C/C=C\C/C=C\CCCCCCCCCCCCCCCCCCCCCCCCCCCCC(=O)OC(COC(=O)CCCCCCCCCCC/C=C\C/C=C\CCCCCCC)COP(=O)(O)OCCN. The predicted molar refractivity (Wildman–Crippen MR) is 349 cm³/mol. The number of rotatable bonds is 65. The lowest BCUT2D eigenvalue weighted by Gasteiger charge is -2.19. The first-order valence-corrected chi connectivity index (χ1v) is 35.9. The molecule has 0 heterocycles. The van der Waals surface area contributed by atoms with Crippen LogP contribution >= 0.6 is 7.82 Å². The van der Waals surface area contributed by atoms with Crippen LogP contribution in [0.1, 0.15) is 335 Å². The van der Waals surface area contributed by atoms with Crippen LogP contribution in [0.5, 0.6) is 0 Å². The largest absolute Gasteiger partial charge is 0.472 e. The highest BCUT2D eigenvalue weighted by Gasteiger charge is 2.26. The summed E-state index contributed by atoms with van der Waals surface area (Å²) < 4.78 is 33.1. The van der Waals surface area contributed by atoms with Crippen molar-refractivity contribution >= 4 is 19.8 Å².